The fourth-order valence-corrected chi connectivity index (χ4v) is 3.63. The number of rotatable bonds is 5. The van der Waals surface area contributed by atoms with Crippen molar-refractivity contribution in [2.75, 3.05) is 11.9 Å². The van der Waals surface area contributed by atoms with E-state index in [1.165, 1.54) is 11.1 Å². The zero-order chi connectivity index (χ0) is 18.5. The van der Waals surface area contributed by atoms with Gasteiger partial charge < -0.3 is 10.1 Å². The quantitative estimate of drug-likeness (QED) is 0.704. The Morgan fingerprint density at radius 2 is 1.67 bits per heavy atom. The first-order valence-corrected chi connectivity index (χ1v) is 9.41. The Bertz CT molecular complexity index is 920. The molecule has 136 valence electrons. The predicted octanol–water partition coefficient (Wildman–Crippen LogP) is 4.92. The lowest BCUT2D eigenvalue weighted by atomic mass is 9.95. The van der Waals surface area contributed by atoms with Crippen molar-refractivity contribution in [3.05, 3.63) is 101 Å². The van der Waals surface area contributed by atoms with E-state index in [0.717, 1.165) is 29.7 Å². The van der Waals surface area contributed by atoms with Crippen molar-refractivity contribution >= 4 is 11.6 Å². The molecule has 1 amide bonds. The fourth-order valence-electron chi connectivity index (χ4n) is 3.63. The van der Waals surface area contributed by atoms with E-state index < -0.39 is 0 Å². The third kappa shape index (κ3) is 4.26. The van der Waals surface area contributed by atoms with Gasteiger partial charge in [-0.25, -0.2) is 0 Å². The number of hydrogen-bond acceptors (Lipinski definition) is 2. The predicted molar refractivity (Wildman–Crippen MR) is 108 cm³/mol. The minimum absolute atomic E-state index is 0.0165. The number of carbonyl (C=O) groups is 1. The van der Waals surface area contributed by atoms with Crippen molar-refractivity contribution in [1.82, 2.24) is 0 Å². The second kappa shape index (κ2) is 8.19. The molecular formula is C24H23NO2. The monoisotopic (exact) mass is 357 g/mol. The maximum atomic E-state index is 12.7. The lowest BCUT2D eigenvalue weighted by Crippen LogP contribution is -2.22. The van der Waals surface area contributed by atoms with Crippen LogP contribution in [0.2, 0.25) is 0 Å². The van der Waals surface area contributed by atoms with Crippen LogP contribution in [0, 0.1) is 0 Å². The summed E-state index contributed by atoms with van der Waals surface area (Å²) >= 11 is 0. The molecule has 0 unspecified atom stereocenters. The SMILES string of the molecule is O=C(C[C@@H]1OCCc2ccccc21)Nc1ccccc1Cc1ccccc1. The van der Waals surface area contributed by atoms with Gasteiger partial charge in [0, 0.05) is 5.69 Å². The molecule has 0 saturated carbocycles. The molecule has 3 aromatic carbocycles. The highest BCUT2D eigenvalue weighted by Gasteiger charge is 2.23. The Hall–Kier alpha value is -2.91. The largest absolute Gasteiger partial charge is 0.373 e. The van der Waals surface area contributed by atoms with Crippen LogP contribution in [0.5, 0.6) is 0 Å². The van der Waals surface area contributed by atoms with E-state index in [2.05, 4.69) is 35.6 Å². The van der Waals surface area contributed by atoms with Gasteiger partial charge in [0.2, 0.25) is 5.91 Å². The molecule has 0 aromatic heterocycles. The molecule has 1 aliphatic rings. The topological polar surface area (TPSA) is 38.3 Å². The first-order chi connectivity index (χ1) is 13.3. The zero-order valence-electron chi connectivity index (χ0n) is 15.2. The molecule has 3 nitrogen and oxygen atoms in total. The smallest absolute Gasteiger partial charge is 0.227 e. The van der Waals surface area contributed by atoms with Gasteiger partial charge in [0.25, 0.3) is 0 Å². The van der Waals surface area contributed by atoms with E-state index in [1.807, 2.05) is 48.5 Å². The van der Waals surface area contributed by atoms with E-state index in [4.69, 9.17) is 4.74 Å². The molecule has 4 rings (SSSR count). The number of para-hydroxylation sites is 1. The lowest BCUT2D eigenvalue weighted by Gasteiger charge is -2.25. The van der Waals surface area contributed by atoms with Crippen LogP contribution in [0.1, 0.15) is 34.8 Å². The normalized spacial score (nSPS) is 15.8. The first-order valence-electron chi connectivity index (χ1n) is 9.41. The molecule has 0 aliphatic carbocycles. The van der Waals surface area contributed by atoms with Crippen molar-refractivity contribution in [3.8, 4) is 0 Å². The molecule has 1 atom stereocenters. The molecule has 0 spiro atoms. The number of ether oxygens (including phenoxy) is 1. The van der Waals surface area contributed by atoms with Crippen molar-refractivity contribution in [1.29, 1.82) is 0 Å². The molecular weight excluding hydrogens is 334 g/mol. The minimum Gasteiger partial charge on any atom is -0.373 e. The molecule has 1 heterocycles. The first kappa shape index (κ1) is 17.5. The van der Waals surface area contributed by atoms with Crippen LogP contribution >= 0.6 is 0 Å². The van der Waals surface area contributed by atoms with Crippen LogP contribution < -0.4 is 5.32 Å². The van der Waals surface area contributed by atoms with E-state index in [0.29, 0.717) is 13.0 Å². The molecule has 3 aromatic rings. The molecule has 0 radical (unpaired) electrons. The van der Waals surface area contributed by atoms with E-state index in [9.17, 15) is 4.79 Å². The Labute approximate surface area is 160 Å². The maximum absolute atomic E-state index is 12.7. The average Bonchev–Trinajstić information content (AvgIpc) is 2.71. The highest BCUT2D eigenvalue weighted by molar-refractivity contribution is 5.92. The van der Waals surface area contributed by atoms with Gasteiger partial charge in [-0.3, -0.25) is 4.79 Å². The number of nitrogens with one attached hydrogen (secondary N) is 1. The van der Waals surface area contributed by atoms with Gasteiger partial charge in [-0.1, -0.05) is 72.8 Å². The molecule has 1 N–H and O–H groups in total. The highest BCUT2D eigenvalue weighted by atomic mass is 16.5. The van der Waals surface area contributed by atoms with Crippen LogP contribution in [0.4, 0.5) is 5.69 Å². The van der Waals surface area contributed by atoms with Gasteiger partial charge in [0.1, 0.15) is 0 Å². The van der Waals surface area contributed by atoms with Gasteiger partial charge in [-0.05, 0) is 41.2 Å². The summed E-state index contributed by atoms with van der Waals surface area (Å²) in [5, 5.41) is 3.09. The van der Waals surface area contributed by atoms with Crippen molar-refractivity contribution in [2.24, 2.45) is 0 Å². The number of anilines is 1. The summed E-state index contributed by atoms with van der Waals surface area (Å²) in [5.41, 5.74) is 5.63. The Kier molecular flexibility index (Phi) is 5.31. The van der Waals surface area contributed by atoms with Gasteiger partial charge in [-0.15, -0.1) is 0 Å². The second-order valence-electron chi connectivity index (χ2n) is 6.88. The summed E-state index contributed by atoms with van der Waals surface area (Å²) in [6.07, 6.45) is 1.86. The highest BCUT2D eigenvalue weighted by Crippen LogP contribution is 2.30. The molecule has 3 heteroatoms. The number of hydrogen-bond donors (Lipinski definition) is 1. The fraction of sp³-hybridized carbons (Fsp3) is 0.208. The van der Waals surface area contributed by atoms with Crippen LogP contribution in [0.15, 0.2) is 78.9 Å². The van der Waals surface area contributed by atoms with Gasteiger partial charge in [0.05, 0.1) is 19.1 Å². The van der Waals surface area contributed by atoms with Crippen LogP contribution in [0.25, 0.3) is 0 Å². The molecule has 0 bridgehead atoms. The number of amides is 1. The second-order valence-corrected chi connectivity index (χ2v) is 6.88. The number of carbonyl (C=O) groups excluding carboxylic acids is 1. The van der Waals surface area contributed by atoms with Gasteiger partial charge >= 0.3 is 0 Å². The van der Waals surface area contributed by atoms with Crippen molar-refractivity contribution < 1.29 is 9.53 Å². The Morgan fingerprint density at radius 1 is 0.926 bits per heavy atom. The van der Waals surface area contributed by atoms with E-state index >= 15 is 0 Å². The molecule has 0 fully saturated rings. The Morgan fingerprint density at radius 3 is 2.56 bits per heavy atom. The summed E-state index contributed by atoms with van der Waals surface area (Å²) in [4.78, 5) is 12.7. The third-order valence-corrected chi connectivity index (χ3v) is 4.99. The number of benzene rings is 3. The van der Waals surface area contributed by atoms with Crippen molar-refractivity contribution in [2.45, 2.75) is 25.4 Å². The van der Waals surface area contributed by atoms with Gasteiger partial charge in [0.15, 0.2) is 0 Å². The summed E-state index contributed by atoms with van der Waals surface area (Å²) in [5.74, 6) is -0.0165. The number of fused-ring (bicyclic) bond motifs is 1. The van der Waals surface area contributed by atoms with Crippen molar-refractivity contribution in [3.63, 3.8) is 0 Å². The van der Waals surface area contributed by atoms with E-state index in [-0.39, 0.29) is 12.0 Å². The molecule has 27 heavy (non-hydrogen) atoms. The molecule has 1 aliphatic heterocycles. The van der Waals surface area contributed by atoms with E-state index in [1.54, 1.807) is 0 Å². The Balaban J connectivity index is 1.46. The van der Waals surface area contributed by atoms with Crippen LogP contribution in [-0.4, -0.2) is 12.5 Å². The van der Waals surface area contributed by atoms with Gasteiger partial charge in [-0.2, -0.15) is 0 Å². The van der Waals surface area contributed by atoms with Crippen LogP contribution in [0.3, 0.4) is 0 Å². The average molecular weight is 357 g/mol. The summed E-state index contributed by atoms with van der Waals surface area (Å²) in [6, 6.07) is 26.5. The lowest BCUT2D eigenvalue weighted by molar-refractivity contribution is -0.119. The summed E-state index contributed by atoms with van der Waals surface area (Å²) in [6.45, 7) is 0.666. The van der Waals surface area contributed by atoms with Crippen LogP contribution in [-0.2, 0) is 22.4 Å². The maximum Gasteiger partial charge on any atom is 0.227 e. The standard InChI is InChI=1S/C24H23NO2/c26-24(17-23-21-12-6-4-10-19(21)14-15-27-23)25-22-13-7-5-11-20(22)16-18-8-2-1-3-9-18/h1-13,23H,14-17H2,(H,25,26)/t23-/m0/s1. The summed E-state index contributed by atoms with van der Waals surface area (Å²) in [7, 11) is 0. The zero-order valence-corrected chi connectivity index (χ0v) is 15.2. The third-order valence-electron chi connectivity index (χ3n) is 4.99. The molecule has 0 saturated heterocycles. The summed E-state index contributed by atoms with van der Waals surface area (Å²) < 4.78 is 5.88. The minimum atomic E-state index is -0.170.